The highest BCUT2D eigenvalue weighted by molar-refractivity contribution is 9.10. The van der Waals surface area contributed by atoms with Gasteiger partial charge in [-0.05, 0) is 35.8 Å². The van der Waals surface area contributed by atoms with E-state index < -0.39 is 0 Å². The van der Waals surface area contributed by atoms with Crippen molar-refractivity contribution < 1.29 is 9.13 Å². The third-order valence-corrected chi connectivity index (χ3v) is 3.44. The summed E-state index contributed by atoms with van der Waals surface area (Å²) >= 11 is 3.13. The maximum Gasteiger partial charge on any atom is 0.139 e. The molecule has 0 amide bonds. The van der Waals surface area contributed by atoms with Gasteiger partial charge < -0.3 is 15.4 Å². The Hall–Kier alpha value is -0.810. The van der Waals surface area contributed by atoms with Gasteiger partial charge in [0.2, 0.25) is 0 Å². The molecule has 3 nitrogen and oxygen atoms in total. The van der Waals surface area contributed by atoms with E-state index in [1.54, 1.807) is 6.07 Å². The van der Waals surface area contributed by atoms with Gasteiger partial charge in [-0.2, -0.15) is 0 Å². The Morgan fingerprint density at radius 1 is 1.47 bits per heavy atom. The first-order valence-electron chi connectivity index (χ1n) is 5.52. The Kier molecular flexibility index (Phi) is 3.32. The van der Waals surface area contributed by atoms with Crippen LogP contribution < -0.4 is 10.6 Å². The number of hydrogen-bond donors (Lipinski definition) is 1. The van der Waals surface area contributed by atoms with Crippen molar-refractivity contribution in [2.75, 3.05) is 30.3 Å². The van der Waals surface area contributed by atoms with E-state index in [1.807, 2.05) is 13.8 Å². The number of anilines is 2. The molecule has 1 aliphatic heterocycles. The SMILES string of the molecule is CC1(C)CN(c2cc(F)c(Br)cc2N)CCO1. The van der Waals surface area contributed by atoms with Gasteiger partial charge in [-0.15, -0.1) is 0 Å². The van der Waals surface area contributed by atoms with Crippen LogP contribution in [0.1, 0.15) is 13.8 Å². The molecule has 0 saturated carbocycles. The lowest BCUT2D eigenvalue weighted by Gasteiger charge is -2.39. The Bertz CT molecular complexity index is 437. The molecule has 1 aromatic carbocycles. The summed E-state index contributed by atoms with van der Waals surface area (Å²) in [5.41, 5.74) is 7.02. The van der Waals surface area contributed by atoms with E-state index in [0.717, 1.165) is 12.2 Å². The lowest BCUT2D eigenvalue weighted by atomic mass is 10.1. The zero-order valence-electron chi connectivity index (χ0n) is 9.96. The van der Waals surface area contributed by atoms with Gasteiger partial charge >= 0.3 is 0 Å². The smallest absolute Gasteiger partial charge is 0.139 e. The van der Waals surface area contributed by atoms with Crippen LogP contribution in [0.15, 0.2) is 16.6 Å². The van der Waals surface area contributed by atoms with Gasteiger partial charge in [0.1, 0.15) is 5.82 Å². The first-order chi connectivity index (χ1) is 7.89. The first-order valence-corrected chi connectivity index (χ1v) is 6.32. The van der Waals surface area contributed by atoms with Gasteiger partial charge in [0, 0.05) is 19.2 Å². The van der Waals surface area contributed by atoms with Crippen LogP contribution in [0.2, 0.25) is 0 Å². The summed E-state index contributed by atoms with van der Waals surface area (Å²) in [6.45, 7) is 6.10. The molecule has 1 heterocycles. The molecule has 1 aliphatic rings. The number of morpholine rings is 1. The van der Waals surface area contributed by atoms with E-state index in [1.165, 1.54) is 6.07 Å². The molecule has 5 heteroatoms. The number of halogens is 2. The van der Waals surface area contributed by atoms with Crippen LogP contribution in [0.5, 0.6) is 0 Å². The van der Waals surface area contributed by atoms with Gasteiger partial charge in [0.15, 0.2) is 0 Å². The molecule has 0 radical (unpaired) electrons. The average molecular weight is 303 g/mol. The maximum absolute atomic E-state index is 13.5. The normalized spacial score (nSPS) is 19.4. The Balaban J connectivity index is 2.31. The van der Waals surface area contributed by atoms with E-state index >= 15 is 0 Å². The second-order valence-corrected chi connectivity index (χ2v) is 5.71. The highest BCUT2D eigenvalue weighted by Crippen LogP contribution is 2.32. The largest absolute Gasteiger partial charge is 0.397 e. The van der Waals surface area contributed by atoms with Crippen LogP contribution in [0.25, 0.3) is 0 Å². The highest BCUT2D eigenvalue weighted by Gasteiger charge is 2.28. The quantitative estimate of drug-likeness (QED) is 0.811. The van der Waals surface area contributed by atoms with Crippen LogP contribution in [-0.2, 0) is 4.74 Å². The molecule has 94 valence electrons. The molecule has 0 bridgehead atoms. The van der Waals surface area contributed by atoms with Crippen molar-refractivity contribution >= 4 is 27.3 Å². The minimum atomic E-state index is -0.293. The zero-order chi connectivity index (χ0) is 12.6. The van der Waals surface area contributed by atoms with Crippen molar-refractivity contribution in [1.29, 1.82) is 0 Å². The fourth-order valence-corrected chi connectivity index (χ4v) is 2.41. The van der Waals surface area contributed by atoms with E-state index in [2.05, 4.69) is 20.8 Å². The highest BCUT2D eigenvalue weighted by atomic mass is 79.9. The van der Waals surface area contributed by atoms with Gasteiger partial charge in [-0.25, -0.2) is 4.39 Å². The maximum atomic E-state index is 13.5. The predicted molar refractivity (Wildman–Crippen MR) is 70.8 cm³/mol. The topological polar surface area (TPSA) is 38.5 Å². The van der Waals surface area contributed by atoms with Crippen molar-refractivity contribution in [3.8, 4) is 0 Å². The minimum Gasteiger partial charge on any atom is -0.397 e. The van der Waals surface area contributed by atoms with E-state index in [4.69, 9.17) is 10.5 Å². The number of ether oxygens (including phenoxy) is 1. The summed E-state index contributed by atoms with van der Waals surface area (Å²) in [6, 6.07) is 3.08. The fourth-order valence-electron chi connectivity index (χ4n) is 2.05. The summed E-state index contributed by atoms with van der Waals surface area (Å²) in [4.78, 5) is 2.06. The molecule has 2 N–H and O–H groups in total. The van der Waals surface area contributed by atoms with Crippen molar-refractivity contribution in [2.24, 2.45) is 0 Å². The molecule has 0 aromatic heterocycles. The summed E-state index contributed by atoms with van der Waals surface area (Å²) in [5, 5.41) is 0. The van der Waals surface area contributed by atoms with Crippen LogP contribution in [0.4, 0.5) is 15.8 Å². The summed E-state index contributed by atoms with van der Waals surface area (Å²) in [7, 11) is 0. The Morgan fingerprint density at radius 3 is 2.82 bits per heavy atom. The molecule has 0 atom stereocenters. The van der Waals surface area contributed by atoms with Crippen molar-refractivity contribution in [2.45, 2.75) is 19.4 Å². The lowest BCUT2D eigenvalue weighted by Crippen LogP contribution is -2.48. The average Bonchev–Trinajstić information content (AvgIpc) is 2.22. The van der Waals surface area contributed by atoms with Crippen LogP contribution in [0, 0.1) is 5.82 Å². The van der Waals surface area contributed by atoms with E-state index in [0.29, 0.717) is 23.3 Å². The number of nitrogens with zero attached hydrogens (tertiary/aromatic N) is 1. The van der Waals surface area contributed by atoms with E-state index in [-0.39, 0.29) is 11.4 Å². The van der Waals surface area contributed by atoms with Crippen molar-refractivity contribution in [3.05, 3.63) is 22.4 Å². The molecule has 1 aromatic rings. The number of nitrogens with two attached hydrogens (primary N) is 1. The van der Waals surface area contributed by atoms with Gasteiger partial charge in [0.25, 0.3) is 0 Å². The summed E-state index contributed by atoms with van der Waals surface area (Å²) in [6.07, 6.45) is 0. The minimum absolute atomic E-state index is 0.228. The molecule has 2 rings (SSSR count). The standard InChI is InChI=1S/C12H16BrFN2O/c1-12(2)7-16(3-4-17-12)11-6-9(14)8(13)5-10(11)15/h5-6H,3-4,7,15H2,1-2H3. The number of rotatable bonds is 1. The predicted octanol–water partition coefficient (Wildman–Crippen LogP) is 2.79. The summed E-state index contributed by atoms with van der Waals surface area (Å²) in [5.74, 6) is -0.293. The molecule has 1 saturated heterocycles. The second kappa shape index (κ2) is 4.46. The second-order valence-electron chi connectivity index (χ2n) is 4.85. The van der Waals surface area contributed by atoms with Crippen molar-refractivity contribution in [1.82, 2.24) is 0 Å². The zero-order valence-corrected chi connectivity index (χ0v) is 11.6. The molecule has 0 spiro atoms. The van der Waals surface area contributed by atoms with Gasteiger partial charge in [0.05, 0.1) is 28.1 Å². The molecule has 1 fully saturated rings. The molecule has 0 unspecified atom stereocenters. The molecule has 17 heavy (non-hydrogen) atoms. The van der Waals surface area contributed by atoms with Gasteiger partial charge in [-0.1, -0.05) is 0 Å². The number of nitrogen functional groups attached to an aromatic ring is 1. The molecular weight excluding hydrogens is 287 g/mol. The van der Waals surface area contributed by atoms with E-state index in [9.17, 15) is 4.39 Å². The Labute approximate surface area is 109 Å². The molecular formula is C12H16BrFN2O. The van der Waals surface area contributed by atoms with Gasteiger partial charge in [-0.3, -0.25) is 0 Å². The lowest BCUT2D eigenvalue weighted by molar-refractivity contribution is -0.0276. The third-order valence-electron chi connectivity index (χ3n) is 2.84. The Morgan fingerprint density at radius 2 is 2.18 bits per heavy atom. The van der Waals surface area contributed by atoms with Crippen LogP contribution in [-0.4, -0.2) is 25.3 Å². The number of hydrogen-bond acceptors (Lipinski definition) is 3. The monoisotopic (exact) mass is 302 g/mol. The summed E-state index contributed by atoms with van der Waals surface area (Å²) < 4.78 is 19.6. The van der Waals surface area contributed by atoms with Crippen molar-refractivity contribution in [3.63, 3.8) is 0 Å². The third kappa shape index (κ3) is 2.72. The van der Waals surface area contributed by atoms with Crippen LogP contribution in [0.3, 0.4) is 0 Å². The number of benzene rings is 1. The molecule has 0 aliphatic carbocycles. The fraction of sp³-hybridized carbons (Fsp3) is 0.500. The first kappa shape index (κ1) is 12.6. The van der Waals surface area contributed by atoms with Crippen LogP contribution >= 0.6 is 15.9 Å².